The monoisotopic (exact) mass is 279 g/mol. The number of likely N-dealkylation sites (N-methyl/N-ethyl adjacent to an activating group) is 1. The molecule has 0 amide bonds. The molecule has 0 aliphatic heterocycles. The number of benzene rings is 1. The largest absolute Gasteiger partial charge is 0.309 e. The van der Waals surface area contributed by atoms with Crippen molar-refractivity contribution in [3.05, 3.63) is 56.7 Å². The van der Waals surface area contributed by atoms with E-state index >= 15 is 0 Å². The van der Waals surface area contributed by atoms with Gasteiger partial charge in [-0.15, -0.1) is 11.3 Å². The smallest absolute Gasteiger partial charge is 0.0458 e. The van der Waals surface area contributed by atoms with Crippen molar-refractivity contribution in [1.29, 1.82) is 0 Å². The van der Waals surface area contributed by atoms with Crippen LogP contribution in [0.2, 0.25) is 5.02 Å². The molecule has 0 fully saturated rings. The van der Waals surface area contributed by atoms with Crippen LogP contribution in [-0.4, -0.2) is 6.54 Å². The van der Waals surface area contributed by atoms with Crippen LogP contribution in [-0.2, 0) is 6.42 Å². The van der Waals surface area contributed by atoms with E-state index in [0.717, 1.165) is 18.0 Å². The Morgan fingerprint density at radius 3 is 2.67 bits per heavy atom. The highest BCUT2D eigenvalue weighted by Gasteiger charge is 2.15. The highest BCUT2D eigenvalue weighted by molar-refractivity contribution is 7.10. The van der Waals surface area contributed by atoms with Gasteiger partial charge in [0.1, 0.15) is 0 Å². The highest BCUT2D eigenvalue weighted by atomic mass is 35.5. The average molecular weight is 280 g/mol. The third-order valence-corrected chi connectivity index (χ3v) is 4.55. The summed E-state index contributed by atoms with van der Waals surface area (Å²) in [5, 5.41) is 6.56. The average Bonchev–Trinajstić information content (AvgIpc) is 2.78. The van der Waals surface area contributed by atoms with E-state index < -0.39 is 0 Å². The molecule has 1 aromatic heterocycles. The second-order valence-electron chi connectivity index (χ2n) is 4.37. The van der Waals surface area contributed by atoms with E-state index in [0.29, 0.717) is 6.04 Å². The fourth-order valence-corrected chi connectivity index (χ4v) is 3.35. The van der Waals surface area contributed by atoms with Crippen LogP contribution in [0.15, 0.2) is 35.7 Å². The summed E-state index contributed by atoms with van der Waals surface area (Å²) in [5.41, 5.74) is 2.57. The molecule has 0 spiro atoms. The van der Waals surface area contributed by atoms with E-state index in [4.69, 9.17) is 11.6 Å². The van der Waals surface area contributed by atoms with Gasteiger partial charge in [0.25, 0.3) is 0 Å². The first-order chi connectivity index (χ1) is 8.72. The first-order valence-electron chi connectivity index (χ1n) is 6.23. The zero-order chi connectivity index (χ0) is 13.0. The SMILES string of the molecule is CCNC(Cc1ccccc1Cl)c1sccc1C. The maximum atomic E-state index is 6.25. The topological polar surface area (TPSA) is 12.0 Å². The van der Waals surface area contributed by atoms with Crippen molar-refractivity contribution in [2.75, 3.05) is 6.54 Å². The lowest BCUT2D eigenvalue weighted by atomic mass is 10.0. The number of nitrogens with one attached hydrogen (secondary N) is 1. The summed E-state index contributed by atoms with van der Waals surface area (Å²) in [7, 11) is 0. The van der Waals surface area contributed by atoms with Gasteiger partial charge in [-0.05, 0) is 48.5 Å². The molecule has 0 saturated carbocycles. The molecular weight excluding hydrogens is 262 g/mol. The Morgan fingerprint density at radius 1 is 1.28 bits per heavy atom. The van der Waals surface area contributed by atoms with Crippen LogP contribution < -0.4 is 5.32 Å². The zero-order valence-corrected chi connectivity index (χ0v) is 12.3. The number of hydrogen-bond donors (Lipinski definition) is 1. The van der Waals surface area contributed by atoms with Crippen LogP contribution in [0.4, 0.5) is 0 Å². The second kappa shape index (κ2) is 6.37. The summed E-state index contributed by atoms with van der Waals surface area (Å²) < 4.78 is 0. The van der Waals surface area contributed by atoms with Gasteiger partial charge in [-0.1, -0.05) is 36.7 Å². The maximum Gasteiger partial charge on any atom is 0.0458 e. The van der Waals surface area contributed by atoms with Crippen molar-refractivity contribution >= 4 is 22.9 Å². The molecule has 1 atom stereocenters. The predicted molar refractivity (Wildman–Crippen MR) is 80.6 cm³/mol. The Bertz CT molecular complexity index is 507. The molecule has 3 heteroatoms. The minimum absolute atomic E-state index is 0.356. The van der Waals surface area contributed by atoms with E-state index in [1.54, 1.807) is 0 Å². The van der Waals surface area contributed by atoms with E-state index in [1.807, 2.05) is 29.5 Å². The van der Waals surface area contributed by atoms with E-state index in [9.17, 15) is 0 Å². The molecule has 2 aromatic rings. The molecule has 1 N–H and O–H groups in total. The maximum absolute atomic E-state index is 6.25. The van der Waals surface area contributed by atoms with Crippen molar-refractivity contribution in [3.8, 4) is 0 Å². The molecule has 96 valence electrons. The Hall–Kier alpha value is -0.830. The Kier molecular flexibility index (Phi) is 4.81. The number of hydrogen-bond acceptors (Lipinski definition) is 2. The van der Waals surface area contributed by atoms with E-state index in [-0.39, 0.29) is 0 Å². The third kappa shape index (κ3) is 3.14. The van der Waals surface area contributed by atoms with Gasteiger partial charge >= 0.3 is 0 Å². The summed E-state index contributed by atoms with van der Waals surface area (Å²) in [4.78, 5) is 1.41. The first kappa shape index (κ1) is 13.6. The van der Waals surface area contributed by atoms with Crippen molar-refractivity contribution < 1.29 is 0 Å². The molecule has 0 aliphatic carbocycles. The zero-order valence-electron chi connectivity index (χ0n) is 10.7. The van der Waals surface area contributed by atoms with Gasteiger partial charge in [-0.2, -0.15) is 0 Å². The van der Waals surface area contributed by atoms with Gasteiger partial charge < -0.3 is 5.32 Å². The molecule has 2 rings (SSSR count). The molecular formula is C15H18ClNS. The van der Waals surface area contributed by atoms with Gasteiger partial charge in [0.15, 0.2) is 0 Å². The molecule has 0 bridgehead atoms. The van der Waals surface area contributed by atoms with Gasteiger partial charge in [0.2, 0.25) is 0 Å². The van der Waals surface area contributed by atoms with Crippen molar-refractivity contribution in [2.24, 2.45) is 0 Å². The lowest BCUT2D eigenvalue weighted by Crippen LogP contribution is -2.22. The highest BCUT2D eigenvalue weighted by Crippen LogP contribution is 2.28. The van der Waals surface area contributed by atoms with Crippen LogP contribution in [0.1, 0.15) is 29.0 Å². The Labute approximate surface area is 118 Å². The number of rotatable bonds is 5. The first-order valence-corrected chi connectivity index (χ1v) is 7.49. The van der Waals surface area contributed by atoms with Crippen molar-refractivity contribution in [1.82, 2.24) is 5.32 Å². The number of thiophene rings is 1. The predicted octanol–water partition coefficient (Wildman–Crippen LogP) is 4.60. The molecule has 1 unspecified atom stereocenters. The molecule has 1 aromatic carbocycles. The van der Waals surface area contributed by atoms with E-state index in [2.05, 4.69) is 36.7 Å². The van der Waals surface area contributed by atoms with Crippen molar-refractivity contribution in [3.63, 3.8) is 0 Å². The van der Waals surface area contributed by atoms with Gasteiger partial charge in [0, 0.05) is 15.9 Å². The van der Waals surface area contributed by atoms with Crippen LogP contribution in [0.3, 0.4) is 0 Å². The summed E-state index contributed by atoms with van der Waals surface area (Å²) in [6.45, 7) is 5.28. The Balaban J connectivity index is 2.22. The van der Waals surface area contributed by atoms with E-state index in [1.165, 1.54) is 16.0 Å². The molecule has 1 heterocycles. The minimum Gasteiger partial charge on any atom is -0.309 e. The molecule has 1 nitrogen and oxygen atoms in total. The fourth-order valence-electron chi connectivity index (χ4n) is 2.13. The molecule has 0 aliphatic rings. The standard InChI is InChI=1S/C15H18ClNS/c1-3-17-14(15-11(2)8-9-18-15)10-12-6-4-5-7-13(12)16/h4-9,14,17H,3,10H2,1-2H3. The van der Waals surface area contributed by atoms with Crippen LogP contribution >= 0.6 is 22.9 Å². The normalized spacial score (nSPS) is 12.6. The molecule has 0 radical (unpaired) electrons. The van der Waals surface area contributed by atoms with Gasteiger partial charge in [-0.25, -0.2) is 0 Å². The summed E-state index contributed by atoms with van der Waals surface area (Å²) in [5.74, 6) is 0. The number of halogens is 1. The lowest BCUT2D eigenvalue weighted by molar-refractivity contribution is 0.556. The van der Waals surface area contributed by atoms with Crippen LogP contribution in [0, 0.1) is 6.92 Å². The second-order valence-corrected chi connectivity index (χ2v) is 5.73. The van der Waals surface area contributed by atoms with Gasteiger partial charge in [0.05, 0.1) is 0 Å². The third-order valence-electron chi connectivity index (χ3n) is 3.05. The summed E-state index contributed by atoms with van der Waals surface area (Å²) >= 11 is 8.06. The van der Waals surface area contributed by atoms with Crippen LogP contribution in [0.25, 0.3) is 0 Å². The van der Waals surface area contributed by atoms with Crippen molar-refractivity contribution in [2.45, 2.75) is 26.3 Å². The number of aryl methyl sites for hydroxylation is 1. The lowest BCUT2D eigenvalue weighted by Gasteiger charge is -2.18. The Morgan fingerprint density at radius 2 is 2.06 bits per heavy atom. The summed E-state index contributed by atoms with van der Waals surface area (Å²) in [6.07, 6.45) is 0.939. The fraction of sp³-hybridized carbons (Fsp3) is 0.333. The quantitative estimate of drug-likeness (QED) is 0.843. The minimum atomic E-state index is 0.356. The molecule has 18 heavy (non-hydrogen) atoms. The summed E-state index contributed by atoms with van der Waals surface area (Å²) in [6, 6.07) is 10.6. The molecule has 0 saturated heterocycles. The van der Waals surface area contributed by atoms with Gasteiger partial charge in [-0.3, -0.25) is 0 Å². The van der Waals surface area contributed by atoms with Crippen LogP contribution in [0.5, 0.6) is 0 Å².